The van der Waals surface area contributed by atoms with Crippen LogP contribution in [0, 0.1) is 0 Å². The summed E-state index contributed by atoms with van der Waals surface area (Å²) in [5.74, 6) is 0.792. The molecule has 1 aromatic carbocycles. The van der Waals surface area contributed by atoms with Crippen molar-refractivity contribution in [1.29, 1.82) is 0 Å². The van der Waals surface area contributed by atoms with Crippen LogP contribution in [0.2, 0.25) is 0 Å². The van der Waals surface area contributed by atoms with Crippen LogP contribution in [-0.2, 0) is 6.54 Å². The van der Waals surface area contributed by atoms with Crippen LogP contribution >= 0.6 is 35.3 Å². The molecule has 0 aliphatic heterocycles. The van der Waals surface area contributed by atoms with E-state index in [0.29, 0.717) is 6.54 Å². The Labute approximate surface area is 169 Å². The molecule has 0 aliphatic carbocycles. The van der Waals surface area contributed by atoms with Crippen molar-refractivity contribution >= 4 is 41.3 Å². The zero-order valence-corrected chi connectivity index (χ0v) is 17.4. The van der Waals surface area contributed by atoms with Gasteiger partial charge in [-0.05, 0) is 42.1 Å². The highest BCUT2D eigenvalue weighted by Crippen LogP contribution is 2.17. The van der Waals surface area contributed by atoms with Crippen molar-refractivity contribution in [3.63, 3.8) is 0 Å². The summed E-state index contributed by atoms with van der Waals surface area (Å²) in [5, 5.41) is 13.1. The first-order chi connectivity index (χ1) is 11.8. The second-order valence-electron chi connectivity index (χ2n) is 5.43. The second kappa shape index (κ2) is 9.57. The first kappa shape index (κ1) is 19.5. The third kappa shape index (κ3) is 5.30. The minimum atomic E-state index is 0. The predicted molar refractivity (Wildman–Crippen MR) is 115 cm³/mol. The number of hydrogen-bond donors (Lipinski definition) is 2. The minimum Gasteiger partial charge on any atom is -0.352 e. The lowest BCUT2D eigenvalue weighted by Gasteiger charge is -2.17. The monoisotopic (exact) mass is 467 g/mol. The average Bonchev–Trinajstić information content (AvgIpc) is 3.32. The topological polar surface area (TPSA) is 54.2 Å². The van der Waals surface area contributed by atoms with E-state index in [1.54, 1.807) is 24.6 Å². The normalized spacial score (nSPS) is 12.3. The van der Waals surface area contributed by atoms with Gasteiger partial charge in [-0.2, -0.15) is 5.10 Å². The van der Waals surface area contributed by atoms with Gasteiger partial charge in [0.05, 0.1) is 11.7 Å². The lowest BCUT2D eigenvalue weighted by molar-refractivity contribution is 0.696. The standard InChI is InChI=1S/C18H21N5S.HI/c1-14(17-8-4-11-24-17)22-18(19-2)20-13-15-6-3-7-16(12-15)23-10-5-9-21-23;/h3-12,14H,13H2,1-2H3,(H2,19,20,22);1H. The van der Waals surface area contributed by atoms with Gasteiger partial charge in [0, 0.05) is 30.9 Å². The summed E-state index contributed by atoms with van der Waals surface area (Å²) in [5.41, 5.74) is 2.23. The highest BCUT2D eigenvalue weighted by atomic mass is 127. The Morgan fingerprint density at radius 1 is 1.28 bits per heavy atom. The summed E-state index contributed by atoms with van der Waals surface area (Å²) in [6.45, 7) is 2.84. The van der Waals surface area contributed by atoms with Gasteiger partial charge in [-0.1, -0.05) is 18.2 Å². The van der Waals surface area contributed by atoms with Gasteiger partial charge < -0.3 is 10.6 Å². The summed E-state index contributed by atoms with van der Waals surface area (Å²) in [7, 11) is 1.79. The lowest BCUT2D eigenvalue weighted by atomic mass is 10.2. The minimum absolute atomic E-state index is 0. The van der Waals surface area contributed by atoms with Crippen molar-refractivity contribution < 1.29 is 0 Å². The predicted octanol–water partition coefficient (Wildman–Crippen LogP) is 3.98. The summed E-state index contributed by atoms with van der Waals surface area (Å²) < 4.78 is 1.86. The molecule has 2 aromatic heterocycles. The van der Waals surface area contributed by atoms with E-state index in [1.165, 1.54) is 10.4 Å². The van der Waals surface area contributed by atoms with Crippen molar-refractivity contribution in [2.75, 3.05) is 7.05 Å². The summed E-state index contributed by atoms with van der Waals surface area (Å²) >= 11 is 1.74. The van der Waals surface area contributed by atoms with Gasteiger partial charge in [-0.15, -0.1) is 35.3 Å². The third-order valence-electron chi connectivity index (χ3n) is 3.69. The quantitative estimate of drug-likeness (QED) is 0.339. The zero-order chi connectivity index (χ0) is 16.8. The Hall–Kier alpha value is -1.87. The van der Waals surface area contributed by atoms with Gasteiger partial charge in [0.25, 0.3) is 0 Å². The highest BCUT2D eigenvalue weighted by molar-refractivity contribution is 14.0. The van der Waals surface area contributed by atoms with Gasteiger partial charge >= 0.3 is 0 Å². The van der Waals surface area contributed by atoms with Crippen molar-refractivity contribution in [1.82, 2.24) is 20.4 Å². The molecule has 0 bridgehead atoms. The summed E-state index contributed by atoms with van der Waals surface area (Å²) in [6, 6.07) is 14.6. The molecule has 132 valence electrons. The number of thiophene rings is 1. The lowest BCUT2D eigenvalue weighted by Crippen LogP contribution is -2.38. The summed E-state index contributed by atoms with van der Waals surface area (Å²) in [6.07, 6.45) is 3.72. The number of benzene rings is 1. The molecule has 3 rings (SSSR count). The molecule has 0 aliphatic rings. The molecular weight excluding hydrogens is 445 g/mol. The average molecular weight is 467 g/mol. The molecular formula is C18H22IN5S. The Balaban J connectivity index is 0.00000225. The molecule has 1 atom stereocenters. The second-order valence-corrected chi connectivity index (χ2v) is 6.41. The van der Waals surface area contributed by atoms with E-state index in [0.717, 1.165) is 11.6 Å². The fourth-order valence-electron chi connectivity index (χ4n) is 2.42. The van der Waals surface area contributed by atoms with Gasteiger partial charge in [0.1, 0.15) is 0 Å². The Bertz CT molecular complexity index is 784. The first-order valence-electron chi connectivity index (χ1n) is 7.86. The molecule has 0 radical (unpaired) electrons. The van der Waals surface area contributed by atoms with E-state index in [4.69, 9.17) is 0 Å². The largest absolute Gasteiger partial charge is 0.352 e. The molecule has 2 heterocycles. The number of rotatable bonds is 5. The van der Waals surface area contributed by atoms with E-state index >= 15 is 0 Å². The van der Waals surface area contributed by atoms with Crippen molar-refractivity contribution in [3.05, 3.63) is 70.7 Å². The molecule has 2 N–H and O–H groups in total. The van der Waals surface area contributed by atoms with Gasteiger partial charge in [0.2, 0.25) is 0 Å². The zero-order valence-electron chi connectivity index (χ0n) is 14.2. The van der Waals surface area contributed by atoms with Crippen LogP contribution in [-0.4, -0.2) is 22.8 Å². The number of hydrogen-bond acceptors (Lipinski definition) is 3. The number of nitrogens with zero attached hydrogens (tertiary/aromatic N) is 3. The highest BCUT2D eigenvalue weighted by Gasteiger charge is 2.08. The van der Waals surface area contributed by atoms with Crippen molar-refractivity contribution in [2.45, 2.75) is 19.5 Å². The fraction of sp³-hybridized carbons (Fsp3) is 0.222. The summed E-state index contributed by atoms with van der Waals surface area (Å²) in [4.78, 5) is 5.60. The van der Waals surface area contributed by atoms with E-state index in [-0.39, 0.29) is 30.0 Å². The molecule has 0 saturated carbocycles. The third-order valence-corrected chi connectivity index (χ3v) is 4.74. The molecule has 7 heteroatoms. The molecule has 1 unspecified atom stereocenters. The molecule has 5 nitrogen and oxygen atoms in total. The van der Waals surface area contributed by atoms with Crippen molar-refractivity contribution in [3.8, 4) is 5.69 Å². The number of aromatic nitrogens is 2. The number of nitrogens with one attached hydrogen (secondary N) is 2. The Morgan fingerprint density at radius 2 is 2.16 bits per heavy atom. The SMILES string of the molecule is CN=C(NCc1cccc(-n2cccn2)c1)NC(C)c1cccs1.I. The number of aliphatic imine (C=N–C) groups is 1. The smallest absolute Gasteiger partial charge is 0.191 e. The molecule has 0 spiro atoms. The van der Waals surface area contributed by atoms with Crippen LogP contribution in [0.15, 0.2) is 65.2 Å². The number of guanidine groups is 1. The first-order valence-corrected chi connectivity index (χ1v) is 8.74. The molecule has 25 heavy (non-hydrogen) atoms. The fourth-order valence-corrected chi connectivity index (χ4v) is 3.16. The van der Waals surface area contributed by atoms with E-state index in [1.807, 2.05) is 29.1 Å². The Kier molecular flexibility index (Phi) is 7.45. The maximum atomic E-state index is 4.31. The van der Waals surface area contributed by atoms with E-state index in [2.05, 4.69) is 57.3 Å². The van der Waals surface area contributed by atoms with E-state index in [9.17, 15) is 0 Å². The van der Waals surface area contributed by atoms with Gasteiger partial charge in [-0.25, -0.2) is 4.68 Å². The van der Waals surface area contributed by atoms with Crippen LogP contribution in [0.25, 0.3) is 5.69 Å². The van der Waals surface area contributed by atoms with Crippen LogP contribution in [0.1, 0.15) is 23.4 Å². The van der Waals surface area contributed by atoms with Gasteiger partial charge in [0.15, 0.2) is 5.96 Å². The van der Waals surface area contributed by atoms with Crippen LogP contribution in [0.3, 0.4) is 0 Å². The maximum absolute atomic E-state index is 4.31. The molecule has 0 fully saturated rings. The van der Waals surface area contributed by atoms with E-state index < -0.39 is 0 Å². The molecule has 0 amide bonds. The van der Waals surface area contributed by atoms with Crippen LogP contribution < -0.4 is 10.6 Å². The maximum Gasteiger partial charge on any atom is 0.191 e. The van der Waals surface area contributed by atoms with Crippen LogP contribution in [0.4, 0.5) is 0 Å². The van der Waals surface area contributed by atoms with Gasteiger partial charge in [-0.3, -0.25) is 4.99 Å². The molecule has 0 saturated heterocycles. The number of halogens is 1. The molecule has 3 aromatic rings. The van der Waals surface area contributed by atoms with Crippen molar-refractivity contribution in [2.24, 2.45) is 4.99 Å². The van der Waals surface area contributed by atoms with Crippen LogP contribution in [0.5, 0.6) is 0 Å². The Morgan fingerprint density at radius 3 is 2.84 bits per heavy atom.